The first kappa shape index (κ1) is 18.4. The summed E-state index contributed by atoms with van der Waals surface area (Å²) in [5.74, 6) is 0.621. The SMILES string of the molecule is Cc1ccccc1CC(=O)N1CC2(CC(CC(=O)N3CCOCC3)CO2)C1. The fraction of sp³-hybridized carbons (Fsp3) is 0.619. The first-order valence-corrected chi connectivity index (χ1v) is 9.86. The second-order valence-electron chi connectivity index (χ2n) is 8.11. The molecular weight excluding hydrogens is 344 g/mol. The zero-order valence-corrected chi connectivity index (χ0v) is 16.0. The first-order chi connectivity index (χ1) is 13.0. The molecule has 27 heavy (non-hydrogen) atoms. The Morgan fingerprint density at radius 3 is 2.59 bits per heavy atom. The van der Waals surface area contributed by atoms with Crippen molar-refractivity contribution >= 4 is 11.8 Å². The predicted octanol–water partition coefficient (Wildman–Crippen LogP) is 1.40. The Balaban J connectivity index is 1.24. The monoisotopic (exact) mass is 372 g/mol. The summed E-state index contributed by atoms with van der Waals surface area (Å²) in [6.45, 7) is 6.62. The molecule has 0 aromatic heterocycles. The molecule has 3 aliphatic rings. The molecular formula is C21H28N2O4. The van der Waals surface area contributed by atoms with Crippen LogP contribution in [0.2, 0.25) is 0 Å². The molecule has 0 radical (unpaired) electrons. The van der Waals surface area contributed by atoms with Gasteiger partial charge in [0.2, 0.25) is 11.8 Å². The second-order valence-corrected chi connectivity index (χ2v) is 8.11. The number of carbonyl (C=O) groups excluding carboxylic acids is 2. The van der Waals surface area contributed by atoms with E-state index in [1.165, 1.54) is 0 Å². The molecule has 1 spiro atoms. The summed E-state index contributed by atoms with van der Waals surface area (Å²) in [5.41, 5.74) is 2.02. The molecule has 0 saturated carbocycles. The fourth-order valence-electron chi connectivity index (χ4n) is 4.39. The molecule has 0 aliphatic carbocycles. The van der Waals surface area contributed by atoms with Gasteiger partial charge in [0.25, 0.3) is 0 Å². The number of amides is 2. The van der Waals surface area contributed by atoms with Gasteiger partial charge in [-0.2, -0.15) is 0 Å². The molecule has 6 heteroatoms. The van der Waals surface area contributed by atoms with Gasteiger partial charge in [-0.15, -0.1) is 0 Å². The van der Waals surface area contributed by atoms with Crippen molar-refractivity contribution in [2.75, 3.05) is 46.0 Å². The highest BCUT2D eigenvalue weighted by molar-refractivity contribution is 5.80. The summed E-state index contributed by atoms with van der Waals surface area (Å²) in [6, 6.07) is 8.02. The number of ether oxygens (including phenoxy) is 2. The zero-order valence-electron chi connectivity index (χ0n) is 16.0. The van der Waals surface area contributed by atoms with E-state index in [0.29, 0.717) is 58.8 Å². The molecule has 1 unspecified atom stereocenters. The Hall–Kier alpha value is -1.92. The van der Waals surface area contributed by atoms with Crippen LogP contribution in [0.1, 0.15) is 24.0 Å². The molecule has 2 amide bonds. The van der Waals surface area contributed by atoms with Gasteiger partial charge in [-0.05, 0) is 30.4 Å². The number of likely N-dealkylation sites (tertiary alicyclic amines) is 1. The van der Waals surface area contributed by atoms with Crippen LogP contribution in [0.3, 0.4) is 0 Å². The molecule has 3 fully saturated rings. The molecule has 146 valence electrons. The van der Waals surface area contributed by atoms with Gasteiger partial charge in [0.1, 0.15) is 5.60 Å². The minimum absolute atomic E-state index is 0.159. The molecule has 6 nitrogen and oxygen atoms in total. The topological polar surface area (TPSA) is 59.1 Å². The van der Waals surface area contributed by atoms with Crippen molar-refractivity contribution in [3.05, 3.63) is 35.4 Å². The van der Waals surface area contributed by atoms with Crippen LogP contribution >= 0.6 is 0 Å². The van der Waals surface area contributed by atoms with E-state index in [1.54, 1.807) is 0 Å². The molecule has 4 rings (SSSR count). The molecule has 1 atom stereocenters. The van der Waals surface area contributed by atoms with Crippen molar-refractivity contribution < 1.29 is 19.1 Å². The van der Waals surface area contributed by atoms with Crippen LogP contribution in [0.25, 0.3) is 0 Å². The van der Waals surface area contributed by atoms with E-state index in [-0.39, 0.29) is 23.3 Å². The highest BCUT2D eigenvalue weighted by atomic mass is 16.5. The van der Waals surface area contributed by atoms with Gasteiger partial charge >= 0.3 is 0 Å². The average Bonchev–Trinajstić information content (AvgIpc) is 3.07. The Morgan fingerprint density at radius 1 is 1.11 bits per heavy atom. The van der Waals surface area contributed by atoms with Gasteiger partial charge in [-0.1, -0.05) is 24.3 Å². The van der Waals surface area contributed by atoms with Gasteiger partial charge in [0.15, 0.2) is 0 Å². The molecule has 1 aromatic carbocycles. The highest BCUT2D eigenvalue weighted by Gasteiger charge is 2.51. The minimum atomic E-state index is -0.225. The molecule has 0 N–H and O–H groups in total. The third-order valence-corrected chi connectivity index (χ3v) is 6.03. The average molecular weight is 372 g/mol. The number of rotatable bonds is 4. The third kappa shape index (κ3) is 4.01. The maximum Gasteiger partial charge on any atom is 0.227 e. The zero-order chi connectivity index (χ0) is 18.9. The normalized spacial score (nSPS) is 24.1. The Labute approximate surface area is 160 Å². The number of hydrogen-bond donors (Lipinski definition) is 0. The Bertz CT molecular complexity index is 708. The van der Waals surface area contributed by atoms with Gasteiger partial charge < -0.3 is 19.3 Å². The standard InChI is InChI=1S/C21H28N2O4/c1-16-4-2-3-5-18(16)11-20(25)23-14-21(15-23)12-17(13-27-21)10-19(24)22-6-8-26-9-7-22/h2-5,17H,6-15H2,1H3. The van der Waals surface area contributed by atoms with Crippen molar-refractivity contribution in [1.29, 1.82) is 0 Å². The van der Waals surface area contributed by atoms with Crippen LogP contribution in [-0.2, 0) is 25.5 Å². The summed E-state index contributed by atoms with van der Waals surface area (Å²) in [5, 5.41) is 0. The number of carbonyl (C=O) groups is 2. The van der Waals surface area contributed by atoms with Crippen molar-refractivity contribution in [3.63, 3.8) is 0 Å². The van der Waals surface area contributed by atoms with Gasteiger partial charge in [0, 0.05) is 19.5 Å². The number of hydrogen-bond acceptors (Lipinski definition) is 4. The van der Waals surface area contributed by atoms with E-state index in [1.807, 2.05) is 41.0 Å². The van der Waals surface area contributed by atoms with Crippen molar-refractivity contribution in [1.82, 2.24) is 9.80 Å². The molecule has 0 bridgehead atoms. The maximum absolute atomic E-state index is 12.6. The first-order valence-electron chi connectivity index (χ1n) is 9.86. The van der Waals surface area contributed by atoms with Gasteiger partial charge in [0.05, 0.1) is 39.3 Å². The Morgan fingerprint density at radius 2 is 1.85 bits per heavy atom. The second kappa shape index (κ2) is 7.60. The number of nitrogens with zero attached hydrogens (tertiary/aromatic N) is 2. The number of morpholine rings is 1. The predicted molar refractivity (Wildman–Crippen MR) is 100 cm³/mol. The summed E-state index contributed by atoms with van der Waals surface area (Å²) in [6.07, 6.45) is 1.86. The van der Waals surface area contributed by atoms with E-state index >= 15 is 0 Å². The van der Waals surface area contributed by atoms with Crippen LogP contribution in [-0.4, -0.2) is 73.2 Å². The minimum Gasteiger partial charge on any atom is -0.378 e. The fourth-order valence-corrected chi connectivity index (χ4v) is 4.39. The summed E-state index contributed by atoms with van der Waals surface area (Å²) in [4.78, 5) is 28.8. The smallest absolute Gasteiger partial charge is 0.227 e. The molecule has 1 aromatic rings. The van der Waals surface area contributed by atoms with Gasteiger partial charge in [-0.25, -0.2) is 0 Å². The van der Waals surface area contributed by atoms with Crippen molar-refractivity contribution in [2.45, 2.75) is 31.8 Å². The maximum atomic E-state index is 12.6. The van der Waals surface area contributed by atoms with Crippen LogP contribution in [0.5, 0.6) is 0 Å². The lowest BCUT2D eigenvalue weighted by Crippen LogP contribution is -2.63. The number of aryl methyl sites for hydroxylation is 1. The molecule has 3 heterocycles. The lowest BCUT2D eigenvalue weighted by atomic mass is 9.85. The van der Waals surface area contributed by atoms with E-state index in [0.717, 1.165) is 17.5 Å². The summed E-state index contributed by atoms with van der Waals surface area (Å²) in [7, 11) is 0. The van der Waals surface area contributed by atoms with E-state index in [2.05, 4.69) is 0 Å². The van der Waals surface area contributed by atoms with Crippen LogP contribution < -0.4 is 0 Å². The van der Waals surface area contributed by atoms with Crippen LogP contribution in [0, 0.1) is 12.8 Å². The van der Waals surface area contributed by atoms with Crippen LogP contribution in [0.15, 0.2) is 24.3 Å². The summed E-state index contributed by atoms with van der Waals surface area (Å²) < 4.78 is 11.3. The van der Waals surface area contributed by atoms with E-state index in [9.17, 15) is 9.59 Å². The quantitative estimate of drug-likeness (QED) is 0.802. The Kier molecular flexibility index (Phi) is 5.19. The van der Waals surface area contributed by atoms with E-state index in [4.69, 9.17) is 9.47 Å². The number of benzene rings is 1. The van der Waals surface area contributed by atoms with Gasteiger partial charge in [-0.3, -0.25) is 9.59 Å². The van der Waals surface area contributed by atoms with Crippen LogP contribution in [0.4, 0.5) is 0 Å². The highest BCUT2D eigenvalue weighted by Crippen LogP contribution is 2.39. The van der Waals surface area contributed by atoms with E-state index < -0.39 is 0 Å². The lowest BCUT2D eigenvalue weighted by molar-refractivity contribution is -0.157. The van der Waals surface area contributed by atoms with Crippen molar-refractivity contribution in [2.24, 2.45) is 5.92 Å². The van der Waals surface area contributed by atoms with Crippen molar-refractivity contribution in [3.8, 4) is 0 Å². The largest absolute Gasteiger partial charge is 0.378 e. The molecule has 3 aliphatic heterocycles. The third-order valence-electron chi connectivity index (χ3n) is 6.03. The summed E-state index contributed by atoms with van der Waals surface area (Å²) >= 11 is 0. The molecule has 3 saturated heterocycles. The lowest BCUT2D eigenvalue weighted by Gasteiger charge is -2.47.